The first-order valence-corrected chi connectivity index (χ1v) is 10.5. The lowest BCUT2D eigenvalue weighted by Crippen LogP contribution is -2.36. The van der Waals surface area contributed by atoms with Gasteiger partial charge in [-0.2, -0.15) is 0 Å². The third kappa shape index (κ3) is 5.00. The smallest absolute Gasteiger partial charge is 0.239 e. The number of aromatic nitrogens is 2. The van der Waals surface area contributed by atoms with Crippen molar-refractivity contribution in [1.82, 2.24) is 20.6 Å². The van der Waals surface area contributed by atoms with Gasteiger partial charge in [0.05, 0.1) is 25.8 Å². The van der Waals surface area contributed by atoms with Crippen LogP contribution in [-0.2, 0) is 16.1 Å². The number of amides is 2. The summed E-state index contributed by atoms with van der Waals surface area (Å²) >= 11 is 6.22. The van der Waals surface area contributed by atoms with E-state index in [1.165, 1.54) is 6.33 Å². The normalized spacial score (nSPS) is 15.1. The molecule has 0 saturated carbocycles. The van der Waals surface area contributed by atoms with E-state index in [9.17, 15) is 9.59 Å². The molecule has 4 rings (SSSR count). The molecule has 166 valence electrons. The van der Waals surface area contributed by atoms with Gasteiger partial charge in [0.2, 0.25) is 11.8 Å². The zero-order chi connectivity index (χ0) is 22.5. The number of fused-ring (bicyclic) bond motifs is 2. The predicted octanol–water partition coefficient (Wildman–Crippen LogP) is 2.94. The minimum Gasteiger partial charge on any atom is -0.493 e. The molecule has 10 heteroatoms. The van der Waals surface area contributed by atoms with Crippen molar-refractivity contribution in [2.24, 2.45) is 0 Å². The van der Waals surface area contributed by atoms with Gasteiger partial charge in [0.25, 0.3) is 0 Å². The molecule has 2 bridgehead atoms. The number of hydrogen-bond donors (Lipinski definition) is 3. The van der Waals surface area contributed by atoms with E-state index in [4.69, 9.17) is 21.1 Å². The van der Waals surface area contributed by atoms with Crippen LogP contribution in [0, 0.1) is 0 Å². The fourth-order valence-corrected chi connectivity index (χ4v) is 3.49. The van der Waals surface area contributed by atoms with Crippen molar-refractivity contribution in [1.29, 1.82) is 0 Å². The van der Waals surface area contributed by atoms with E-state index in [2.05, 4.69) is 25.9 Å². The molecule has 1 aliphatic heterocycles. The molecule has 2 heterocycles. The minimum absolute atomic E-state index is 0.100. The molecule has 0 fully saturated rings. The highest BCUT2D eigenvalue weighted by Crippen LogP contribution is 2.35. The molecule has 0 spiro atoms. The highest BCUT2D eigenvalue weighted by Gasteiger charge is 2.15. The van der Waals surface area contributed by atoms with E-state index in [0.29, 0.717) is 46.6 Å². The van der Waals surface area contributed by atoms with Gasteiger partial charge < -0.3 is 25.4 Å². The number of methoxy groups -OCH3 is 1. The second-order valence-corrected chi connectivity index (χ2v) is 7.61. The Balaban J connectivity index is 1.77. The number of nitrogens with zero attached hydrogens (tertiary/aromatic N) is 2. The first-order chi connectivity index (χ1) is 15.5. The number of hydrogen-bond acceptors (Lipinski definition) is 7. The van der Waals surface area contributed by atoms with Crippen molar-refractivity contribution >= 4 is 45.8 Å². The maximum Gasteiger partial charge on any atom is 0.239 e. The lowest BCUT2D eigenvalue weighted by molar-refractivity contribution is -0.126. The maximum absolute atomic E-state index is 12.2. The van der Waals surface area contributed by atoms with Crippen molar-refractivity contribution in [3.05, 3.63) is 47.2 Å². The first-order valence-electron chi connectivity index (χ1n) is 10.1. The van der Waals surface area contributed by atoms with Crippen molar-refractivity contribution in [2.75, 3.05) is 25.6 Å². The van der Waals surface area contributed by atoms with Crippen LogP contribution in [-0.4, -0.2) is 42.0 Å². The summed E-state index contributed by atoms with van der Waals surface area (Å²) in [7, 11) is 1.56. The van der Waals surface area contributed by atoms with Crippen LogP contribution < -0.4 is 25.4 Å². The average Bonchev–Trinajstić information content (AvgIpc) is 2.79. The van der Waals surface area contributed by atoms with Gasteiger partial charge in [-0.15, -0.1) is 0 Å². The Morgan fingerprint density at radius 2 is 1.91 bits per heavy atom. The summed E-state index contributed by atoms with van der Waals surface area (Å²) in [5.41, 5.74) is 2.15. The second kappa shape index (κ2) is 9.69. The Hall–Kier alpha value is -3.59. The Bertz CT molecular complexity index is 1170. The third-order valence-corrected chi connectivity index (χ3v) is 5.21. The van der Waals surface area contributed by atoms with Gasteiger partial charge in [-0.05, 0) is 30.2 Å². The zero-order valence-corrected chi connectivity index (χ0v) is 18.2. The predicted molar refractivity (Wildman–Crippen MR) is 120 cm³/mol. The molecule has 0 saturated heterocycles. The van der Waals surface area contributed by atoms with Crippen molar-refractivity contribution in [3.63, 3.8) is 0 Å². The number of halogens is 1. The van der Waals surface area contributed by atoms with Gasteiger partial charge >= 0.3 is 0 Å². The quantitative estimate of drug-likeness (QED) is 0.516. The number of rotatable bonds is 1. The minimum atomic E-state index is -0.291. The van der Waals surface area contributed by atoms with Gasteiger partial charge in [0, 0.05) is 35.1 Å². The van der Waals surface area contributed by atoms with Crippen LogP contribution in [0.3, 0.4) is 0 Å². The van der Waals surface area contributed by atoms with E-state index >= 15 is 0 Å². The lowest BCUT2D eigenvalue weighted by atomic mass is 10.1. The molecule has 0 unspecified atom stereocenters. The molecule has 1 aliphatic rings. The maximum atomic E-state index is 12.2. The molecular weight excluding hydrogens is 434 g/mol. The number of carbonyl (C=O) groups excluding carboxylic acids is 2. The standard InChI is InChI=1S/C22H22ClN5O4/c1-31-18-9-17-15-8-19(18)32-6-2-3-20(29)25-11-21(30)24-10-13-4-5-14(23)7-16(13)28-22(15)27-12-26-17/h4-5,7-9,12H,2-3,6,10-11H2,1H3,(H,24,30)(H,25,29)(H,26,27,28). The largest absolute Gasteiger partial charge is 0.493 e. The van der Waals surface area contributed by atoms with Crippen LogP contribution in [0.2, 0.25) is 5.02 Å². The Morgan fingerprint density at radius 3 is 2.75 bits per heavy atom. The fourth-order valence-electron chi connectivity index (χ4n) is 3.32. The Kier molecular flexibility index (Phi) is 6.55. The third-order valence-electron chi connectivity index (χ3n) is 4.97. The van der Waals surface area contributed by atoms with Crippen LogP contribution in [0.5, 0.6) is 11.5 Å². The second-order valence-electron chi connectivity index (χ2n) is 7.17. The number of carbonyl (C=O) groups is 2. The van der Waals surface area contributed by atoms with Crippen LogP contribution in [0.15, 0.2) is 36.7 Å². The van der Waals surface area contributed by atoms with Gasteiger partial charge in [-0.3, -0.25) is 9.59 Å². The molecule has 3 N–H and O–H groups in total. The summed E-state index contributed by atoms with van der Waals surface area (Å²) in [6.45, 7) is 0.451. The van der Waals surface area contributed by atoms with Crippen molar-refractivity contribution < 1.29 is 19.1 Å². The van der Waals surface area contributed by atoms with Gasteiger partial charge in [-0.25, -0.2) is 9.97 Å². The molecule has 1 aromatic heterocycles. The molecule has 0 atom stereocenters. The van der Waals surface area contributed by atoms with E-state index in [0.717, 1.165) is 10.9 Å². The summed E-state index contributed by atoms with van der Waals surface area (Å²) in [5, 5.41) is 9.98. The van der Waals surface area contributed by atoms with E-state index < -0.39 is 0 Å². The molecule has 2 aromatic carbocycles. The van der Waals surface area contributed by atoms with Crippen molar-refractivity contribution in [2.45, 2.75) is 19.4 Å². The summed E-state index contributed by atoms with van der Waals surface area (Å²) in [6, 6.07) is 8.90. The first kappa shape index (κ1) is 21.6. The summed E-state index contributed by atoms with van der Waals surface area (Å²) < 4.78 is 11.3. The van der Waals surface area contributed by atoms with Gasteiger partial charge in [-0.1, -0.05) is 17.7 Å². The number of ether oxygens (including phenoxy) is 2. The zero-order valence-electron chi connectivity index (χ0n) is 17.4. The Morgan fingerprint density at radius 1 is 1.06 bits per heavy atom. The van der Waals surface area contributed by atoms with Crippen molar-refractivity contribution in [3.8, 4) is 11.5 Å². The summed E-state index contributed by atoms with van der Waals surface area (Å²) in [4.78, 5) is 32.9. The number of nitrogens with one attached hydrogen (secondary N) is 3. The van der Waals surface area contributed by atoms with Crippen LogP contribution >= 0.6 is 11.6 Å². The Labute approximate surface area is 189 Å². The molecule has 0 aliphatic carbocycles. The monoisotopic (exact) mass is 455 g/mol. The topological polar surface area (TPSA) is 114 Å². The van der Waals surface area contributed by atoms with Crippen LogP contribution in [0.4, 0.5) is 11.5 Å². The lowest BCUT2D eigenvalue weighted by Gasteiger charge is -2.15. The molecule has 9 nitrogen and oxygen atoms in total. The van der Waals surface area contributed by atoms with Gasteiger partial charge in [0.1, 0.15) is 12.1 Å². The SMILES string of the molecule is COc1cc2ncnc3c2cc1OCCCC(=O)NCC(=O)NCc1ccc(Cl)cc1N3. The summed E-state index contributed by atoms with van der Waals surface area (Å²) in [5.74, 6) is 1.09. The molecule has 32 heavy (non-hydrogen) atoms. The molecule has 0 radical (unpaired) electrons. The van der Waals surface area contributed by atoms with E-state index in [1.54, 1.807) is 31.4 Å². The number of anilines is 2. The highest BCUT2D eigenvalue weighted by atomic mass is 35.5. The van der Waals surface area contributed by atoms with E-state index in [1.807, 2.05) is 6.07 Å². The molecule has 3 aromatic rings. The number of benzene rings is 2. The van der Waals surface area contributed by atoms with E-state index in [-0.39, 0.29) is 31.3 Å². The fraction of sp³-hybridized carbons (Fsp3) is 0.273. The van der Waals surface area contributed by atoms with Gasteiger partial charge in [0.15, 0.2) is 11.5 Å². The highest BCUT2D eigenvalue weighted by molar-refractivity contribution is 6.30. The average molecular weight is 456 g/mol. The molecule has 2 amide bonds. The molecular formula is C22H22ClN5O4. The summed E-state index contributed by atoms with van der Waals surface area (Å²) in [6.07, 6.45) is 2.17. The van der Waals surface area contributed by atoms with Crippen LogP contribution in [0.1, 0.15) is 18.4 Å². The van der Waals surface area contributed by atoms with Crippen LogP contribution in [0.25, 0.3) is 10.9 Å².